The number of fused-ring (bicyclic) bond motifs is 3. The molecule has 0 amide bonds. The third kappa shape index (κ3) is 3.80. The Balaban J connectivity index is 1.67. The second-order valence-corrected chi connectivity index (χ2v) is 14.0. The van der Waals surface area contributed by atoms with E-state index in [1.165, 1.54) is 37.4 Å². The van der Waals surface area contributed by atoms with E-state index in [0.29, 0.717) is 0 Å². The van der Waals surface area contributed by atoms with E-state index in [4.69, 9.17) is 9.97 Å². The number of rotatable bonds is 5. The summed E-state index contributed by atoms with van der Waals surface area (Å²) in [7, 11) is -2.91. The van der Waals surface area contributed by atoms with Crippen molar-refractivity contribution in [1.82, 2.24) is 14.2 Å². The van der Waals surface area contributed by atoms with Crippen LogP contribution < -0.4 is 15.6 Å². The lowest BCUT2D eigenvalue weighted by atomic mass is 10.2. The van der Waals surface area contributed by atoms with E-state index < -0.39 is 8.24 Å². The van der Waals surface area contributed by atoms with E-state index >= 15 is 0 Å². The molecular formula is C36H29N3Si. The Bertz CT molecular complexity index is 1860. The lowest BCUT2D eigenvalue weighted by molar-refractivity contribution is 1.06. The van der Waals surface area contributed by atoms with E-state index in [1.807, 2.05) is 19.9 Å². The Morgan fingerprint density at radius 1 is 0.475 bits per heavy atom. The van der Waals surface area contributed by atoms with Crippen LogP contribution in [-0.4, -0.2) is 22.4 Å². The van der Waals surface area contributed by atoms with Gasteiger partial charge in [-0.2, -0.15) is 0 Å². The van der Waals surface area contributed by atoms with E-state index in [1.54, 1.807) is 0 Å². The maximum atomic E-state index is 4.83. The van der Waals surface area contributed by atoms with Crippen LogP contribution in [0.4, 0.5) is 0 Å². The fourth-order valence-electron chi connectivity index (χ4n) is 6.27. The van der Waals surface area contributed by atoms with Gasteiger partial charge in [-0.3, -0.25) is 0 Å². The van der Waals surface area contributed by atoms with Gasteiger partial charge in [0.1, 0.15) is 0 Å². The normalized spacial score (nSPS) is 11.8. The van der Waals surface area contributed by atoms with Gasteiger partial charge in [0.05, 0.1) is 0 Å². The first kappa shape index (κ1) is 24.3. The van der Waals surface area contributed by atoms with Crippen molar-refractivity contribution in [1.29, 1.82) is 0 Å². The minimum absolute atomic E-state index is 0.769. The SMILES string of the molecule is Cc1cc(C)nc(-c2cccc([Si](c3ccccc3)(c3ccccc3)n3c4ccccc4c4ccccc43)c2)n1. The standard InChI is InChI=1S/C36H29N3Si/c1-26-24-27(2)38-36(37-26)28-14-13-19-31(25-28)40(29-15-5-3-6-16-29,30-17-7-4-8-18-30)39-34-22-11-9-20-32(34)33-21-10-12-23-35(33)39/h3-25H,1-2H3. The second kappa shape index (κ2) is 9.74. The number of hydrogen-bond donors (Lipinski definition) is 0. The molecule has 192 valence electrons. The number of aromatic nitrogens is 3. The van der Waals surface area contributed by atoms with Crippen LogP contribution >= 0.6 is 0 Å². The van der Waals surface area contributed by atoms with Gasteiger partial charge >= 0.3 is 0 Å². The van der Waals surface area contributed by atoms with Gasteiger partial charge in [0.15, 0.2) is 5.82 Å². The summed E-state index contributed by atoms with van der Waals surface area (Å²) in [4.78, 5) is 9.67. The van der Waals surface area contributed by atoms with Crippen molar-refractivity contribution in [2.24, 2.45) is 0 Å². The first-order valence-corrected chi connectivity index (χ1v) is 15.6. The molecule has 7 aromatic rings. The van der Waals surface area contributed by atoms with E-state index in [2.05, 4.69) is 138 Å². The molecule has 0 spiro atoms. The zero-order chi connectivity index (χ0) is 27.1. The van der Waals surface area contributed by atoms with Crippen LogP contribution in [0.15, 0.2) is 140 Å². The lowest BCUT2D eigenvalue weighted by Gasteiger charge is -2.36. The predicted molar refractivity (Wildman–Crippen MR) is 169 cm³/mol. The average Bonchev–Trinajstić information content (AvgIpc) is 3.33. The van der Waals surface area contributed by atoms with Crippen molar-refractivity contribution in [3.8, 4) is 11.4 Å². The van der Waals surface area contributed by atoms with Gasteiger partial charge in [-0.25, -0.2) is 9.97 Å². The van der Waals surface area contributed by atoms with Gasteiger partial charge in [0, 0.05) is 38.8 Å². The molecule has 4 heteroatoms. The Morgan fingerprint density at radius 2 is 0.950 bits per heavy atom. The highest BCUT2D eigenvalue weighted by atomic mass is 28.3. The molecule has 0 bridgehead atoms. The molecule has 2 heterocycles. The van der Waals surface area contributed by atoms with Crippen molar-refractivity contribution in [2.45, 2.75) is 13.8 Å². The number of benzene rings is 5. The fraction of sp³-hybridized carbons (Fsp3) is 0.0556. The first-order chi connectivity index (χ1) is 19.7. The summed E-state index contributed by atoms with van der Waals surface area (Å²) in [5, 5.41) is 6.49. The monoisotopic (exact) mass is 531 g/mol. The molecule has 0 unspecified atom stereocenters. The van der Waals surface area contributed by atoms with Crippen LogP contribution in [0, 0.1) is 13.8 Å². The molecule has 2 aromatic heterocycles. The minimum atomic E-state index is -2.91. The van der Waals surface area contributed by atoms with Gasteiger partial charge in [-0.05, 0) is 53.7 Å². The molecule has 0 aliphatic heterocycles. The fourth-order valence-corrected chi connectivity index (χ4v) is 11.2. The maximum Gasteiger partial charge on any atom is 0.257 e. The molecule has 0 fully saturated rings. The third-order valence-corrected chi connectivity index (χ3v) is 12.5. The van der Waals surface area contributed by atoms with Crippen molar-refractivity contribution < 1.29 is 0 Å². The van der Waals surface area contributed by atoms with Crippen molar-refractivity contribution >= 4 is 45.6 Å². The van der Waals surface area contributed by atoms with Gasteiger partial charge < -0.3 is 4.23 Å². The molecule has 0 aliphatic carbocycles. The summed E-state index contributed by atoms with van der Waals surface area (Å²) in [6, 6.07) is 50.8. The van der Waals surface area contributed by atoms with Crippen LogP contribution in [-0.2, 0) is 0 Å². The van der Waals surface area contributed by atoms with Crippen molar-refractivity contribution in [2.75, 3.05) is 0 Å². The lowest BCUT2D eigenvalue weighted by Crippen LogP contribution is -2.72. The molecule has 7 rings (SSSR count). The van der Waals surface area contributed by atoms with Gasteiger partial charge in [0.25, 0.3) is 8.24 Å². The second-order valence-electron chi connectivity index (χ2n) is 10.4. The van der Waals surface area contributed by atoms with Gasteiger partial charge in [0.2, 0.25) is 0 Å². The van der Waals surface area contributed by atoms with Crippen LogP contribution in [0.1, 0.15) is 11.4 Å². The molecule has 5 aromatic carbocycles. The third-order valence-electron chi connectivity index (χ3n) is 7.82. The Kier molecular flexibility index (Phi) is 5.91. The molecule has 0 aliphatic rings. The van der Waals surface area contributed by atoms with Crippen molar-refractivity contribution in [3.05, 3.63) is 151 Å². The Morgan fingerprint density at radius 3 is 1.50 bits per heavy atom. The highest BCUT2D eigenvalue weighted by Crippen LogP contribution is 2.32. The summed E-state index contributed by atoms with van der Waals surface area (Å²) < 4.78 is 2.67. The van der Waals surface area contributed by atoms with Gasteiger partial charge in [-0.15, -0.1) is 0 Å². The smallest absolute Gasteiger partial charge is 0.257 e. The zero-order valence-electron chi connectivity index (χ0n) is 22.6. The molecule has 0 saturated carbocycles. The summed E-state index contributed by atoms with van der Waals surface area (Å²) in [6.07, 6.45) is 0. The Labute approximate surface area is 235 Å². The van der Waals surface area contributed by atoms with E-state index in [0.717, 1.165) is 22.8 Å². The predicted octanol–water partition coefficient (Wildman–Crippen LogP) is 6.38. The summed E-state index contributed by atoms with van der Waals surface area (Å²) in [5.74, 6) is 0.769. The molecule has 0 atom stereocenters. The van der Waals surface area contributed by atoms with Gasteiger partial charge in [-0.1, -0.05) is 115 Å². The van der Waals surface area contributed by atoms with E-state index in [-0.39, 0.29) is 0 Å². The quantitative estimate of drug-likeness (QED) is 0.191. The summed E-state index contributed by atoms with van der Waals surface area (Å²) in [6.45, 7) is 4.07. The zero-order valence-corrected chi connectivity index (χ0v) is 23.6. The highest BCUT2D eigenvalue weighted by molar-refractivity contribution is 7.11. The first-order valence-electron chi connectivity index (χ1n) is 13.7. The molecule has 0 N–H and O–H groups in total. The molecule has 40 heavy (non-hydrogen) atoms. The number of para-hydroxylation sites is 2. The maximum absolute atomic E-state index is 4.83. The van der Waals surface area contributed by atoms with Crippen LogP contribution in [0.5, 0.6) is 0 Å². The minimum Gasteiger partial charge on any atom is -0.355 e. The van der Waals surface area contributed by atoms with E-state index in [9.17, 15) is 0 Å². The summed E-state index contributed by atoms with van der Waals surface area (Å²) >= 11 is 0. The number of aryl methyl sites for hydroxylation is 2. The Hall–Kier alpha value is -4.80. The van der Waals surface area contributed by atoms with Crippen LogP contribution in [0.2, 0.25) is 0 Å². The largest absolute Gasteiger partial charge is 0.355 e. The highest BCUT2D eigenvalue weighted by Gasteiger charge is 2.44. The summed E-state index contributed by atoms with van der Waals surface area (Å²) in [5.41, 5.74) is 5.48. The van der Waals surface area contributed by atoms with Crippen LogP contribution in [0.25, 0.3) is 33.2 Å². The molecule has 0 saturated heterocycles. The number of hydrogen-bond acceptors (Lipinski definition) is 2. The average molecular weight is 532 g/mol. The topological polar surface area (TPSA) is 30.7 Å². The van der Waals surface area contributed by atoms with Crippen LogP contribution in [0.3, 0.4) is 0 Å². The molecule has 3 nitrogen and oxygen atoms in total. The number of nitrogens with zero attached hydrogens (tertiary/aromatic N) is 3. The molecular weight excluding hydrogens is 503 g/mol. The van der Waals surface area contributed by atoms with Crippen molar-refractivity contribution in [3.63, 3.8) is 0 Å². The molecule has 0 radical (unpaired) electrons.